The van der Waals surface area contributed by atoms with E-state index in [9.17, 15) is 9.59 Å². The first-order chi connectivity index (χ1) is 12.8. The van der Waals surface area contributed by atoms with E-state index in [0.717, 1.165) is 11.1 Å². The van der Waals surface area contributed by atoms with Crippen molar-refractivity contribution >= 4 is 8.07 Å². The minimum atomic E-state index is -1.65. The number of aromatic nitrogens is 2. The van der Waals surface area contributed by atoms with Crippen molar-refractivity contribution in [3.05, 3.63) is 104 Å². The molecule has 0 radical (unpaired) electrons. The van der Waals surface area contributed by atoms with Crippen LogP contribution in [0.3, 0.4) is 0 Å². The number of hydrogen-bond acceptors (Lipinski definition) is 2. The molecule has 0 saturated heterocycles. The molecular weight excluding hydrogens is 352 g/mol. The summed E-state index contributed by atoms with van der Waals surface area (Å²) in [6.45, 7) is 6.34. The highest BCUT2D eigenvalue weighted by Crippen LogP contribution is 2.24. The lowest BCUT2D eigenvalue weighted by Crippen LogP contribution is -2.34. The first-order valence-corrected chi connectivity index (χ1v) is 12.3. The Balaban J connectivity index is 2.22. The molecule has 0 aliphatic heterocycles. The van der Waals surface area contributed by atoms with E-state index in [2.05, 4.69) is 36.1 Å². The summed E-state index contributed by atoms with van der Waals surface area (Å²) in [6, 6.07) is 19.2. The molecule has 0 amide bonds. The van der Waals surface area contributed by atoms with Gasteiger partial charge in [0.25, 0.3) is 5.56 Å². The minimum Gasteiger partial charge on any atom is -0.288 e. The molecule has 0 bridgehead atoms. The maximum atomic E-state index is 12.6. The number of rotatable bonds is 3. The van der Waals surface area contributed by atoms with Crippen LogP contribution in [-0.4, -0.2) is 17.6 Å². The Morgan fingerprint density at radius 2 is 1.41 bits per heavy atom. The summed E-state index contributed by atoms with van der Waals surface area (Å²) in [6.07, 6.45) is 1.58. The Bertz CT molecular complexity index is 1060. The van der Waals surface area contributed by atoms with Crippen molar-refractivity contribution < 1.29 is 0 Å². The number of benzene rings is 2. The van der Waals surface area contributed by atoms with Crippen LogP contribution in [0.25, 0.3) is 0 Å². The van der Waals surface area contributed by atoms with Crippen molar-refractivity contribution in [2.45, 2.75) is 25.7 Å². The molecule has 4 nitrogen and oxygen atoms in total. The maximum absolute atomic E-state index is 12.6. The fourth-order valence-corrected chi connectivity index (χ4v) is 3.31. The van der Waals surface area contributed by atoms with Crippen LogP contribution in [0, 0.1) is 11.5 Å². The molecule has 0 unspecified atom stereocenters. The van der Waals surface area contributed by atoms with Gasteiger partial charge < -0.3 is 0 Å². The van der Waals surface area contributed by atoms with Gasteiger partial charge in [-0.05, 0) is 11.1 Å². The summed E-state index contributed by atoms with van der Waals surface area (Å²) in [5.74, 6) is 2.99. The number of nitrogens with one attached hydrogen (secondary N) is 1. The number of nitrogens with zero attached hydrogens (tertiary/aromatic N) is 1. The molecule has 0 aliphatic carbocycles. The van der Waals surface area contributed by atoms with Crippen molar-refractivity contribution in [2.24, 2.45) is 0 Å². The van der Waals surface area contributed by atoms with Crippen molar-refractivity contribution in [1.82, 2.24) is 9.55 Å². The predicted octanol–water partition coefficient (Wildman–Crippen LogP) is 3.40. The van der Waals surface area contributed by atoms with E-state index in [1.807, 2.05) is 60.7 Å². The lowest BCUT2D eigenvalue weighted by molar-refractivity contribution is 0.625. The van der Waals surface area contributed by atoms with Gasteiger partial charge in [0.15, 0.2) is 0 Å². The molecule has 0 saturated carbocycles. The molecule has 27 heavy (non-hydrogen) atoms. The normalized spacial score (nSPS) is 11.1. The van der Waals surface area contributed by atoms with Crippen LogP contribution in [-0.2, 0) is 0 Å². The van der Waals surface area contributed by atoms with E-state index >= 15 is 0 Å². The minimum absolute atomic E-state index is 0.314. The molecule has 3 rings (SSSR count). The third-order valence-corrected chi connectivity index (χ3v) is 4.92. The maximum Gasteiger partial charge on any atom is 0.329 e. The van der Waals surface area contributed by atoms with Crippen LogP contribution in [0.15, 0.2) is 76.4 Å². The SMILES string of the molecule is C[Si](C)(C)C#Cc1cn(C(c2ccccc2)c2ccccc2)c(=O)[nH]c1=O. The van der Waals surface area contributed by atoms with E-state index in [-0.39, 0.29) is 6.04 Å². The van der Waals surface area contributed by atoms with E-state index in [1.165, 1.54) is 0 Å². The van der Waals surface area contributed by atoms with Gasteiger partial charge in [0.2, 0.25) is 0 Å². The summed E-state index contributed by atoms with van der Waals surface area (Å²) in [5, 5.41) is 0. The Hall–Kier alpha value is -3.10. The fourth-order valence-electron chi connectivity index (χ4n) is 2.81. The summed E-state index contributed by atoms with van der Waals surface area (Å²) >= 11 is 0. The van der Waals surface area contributed by atoms with Crippen LogP contribution in [0.2, 0.25) is 19.6 Å². The number of aromatic amines is 1. The highest BCUT2D eigenvalue weighted by Gasteiger charge is 2.18. The van der Waals surface area contributed by atoms with E-state index < -0.39 is 19.3 Å². The molecule has 0 aliphatic rings. The third kappa shape index (κ3) is 4.55. The molecule has 1 heterocycles. The van der Waals surface area contributed by atoms with Crippen molar-refractivity contribution in [1.29, 1.82) is 0 Å². The van der Waals surface area contributed by atoms with Crippen LogP contribution < -0.4 is 11.2 Å². The average Bonchev–Trinajstić information content (AvgIpc) is 2.64. The quantitative estimate of drug-likeness (QED) is 0.564. The molecule has 1 N–H and O–H groups in total. The molecule has 1 aromatic heterocycles. The van der Waals surface area contributed by atoms with Crippen LogP contribution in [0.4, 0.5) is 0 Å². The molecule has 136 valence electrons. The smallest absolute Gasteiger partial charge is 0.288 e. The molecular formula is C22H22N2O2Si. The zero-order chi connectivity index (χ0) is 19.4. The summed E-state index contributed by atoms with van der Waals surface area (Å²) in [4.78, 5) is 27.3. The molecule has 2 aromatic carbocycles. The zero-order valence-electron chi connectivity index (χ0n) is 15.7. The van der Waals surface area contributed by atoms with Gasteiger partial charge in [-0.15, -0.1) is 5.54 Å². The molecule has 0 fully saturated rings. The van der Waals surface area contributed by atoms with Gasteiger partial charge in [0.1, 0.15) is 13.6 Å². The molecule has 0 atom stereocenters. The van der Waals surface area contributed by atoms with Crippen molar-refractivity contribution in [3.8, 4) is 11.5 Å². The Labute approximate surface area is 159 Å². The summed E-state index contributed by atoms with van der Waals surface area (Å²) < 4.78 is 1.56. The lowest BCUT2D eigenvalue weighted by Gasteiger charge is -2.21. The second kappa shape index (κ2) is 7.64. The summed E-state index contributed by atoms with van der Waals surface area (Å²) in [7, 11) is -1.65. The average molecular weight is 375 g/mol. The Morgan fingerprint density at radius 3 is 1.89 bits per heavy atom. The Morgan fingerprint density at radius 1 is 0.889 bits per heavy atom. The largest absolute Gasteiger partial charge is 0.329 e. The zero-order valence-corrected chi connectivity index (χ0v) is 16.7. The van der Waals surface area contributed by atoms with Crippen molar-refractivity contribution in [3.63, 3.8) is 0 Å². The van der Waals surface area contributed by atoms with E-state index in [4.69, 9.17) is 0 Å². The lowest BCUT2D eigenvalue weighted by atomic mass is 9.98. The van der Waals surface area contributed by atoms with Gasteiger partial charge in [-0.1, -0.05) is 86.2 Å². The first-order valence-electron chi connectivity index (χ1n) is 8.84. The van der Waals surface area contributed by atoms with E-state index in [0.29, 0.717) is 5.56 Å². The highest BCUT2D eigenvalue weighted by molar-refractivity contribution is 6.83. The predicted molar refractivity (Wildman–Crippen MR) is 112 cm³/mol. The second-order valence-electron chi connectivity index (χ2n) is 7.43. The molecule has 3 aromatic rings. The van der Waals surface area contributed by atoms with Gasteiger partial charge in [-0.3, -0.25) is 14.3 Å². The van der Waals surface area contributed by atoms with Gasteiger partial charge >= 0.3 is 5.69 Å². The first kappa shape index (κ1) is 18.7. The molecule has 0 spiro atoms. The second-order valence-corrected chi connectivity index (χ2v) is 12.2. The van der Waals surface area contributed by atoms with Crippen LogP contribution in [0.1, 0.15) is 22.7 Å². The molecule has 5 heteroatoms. The van der Waals surface area contributed by atoms with Gasteiger partial charge in [-0.25, -0.2) is 4.79 Å². The topological polar surface area (TPSA) is 54.9 Å². The fraction of sp³-hybridized carbons (Fsp3) is 0.182. The standard InChI is InChI=1S/C22H22N2O2Si/c1-27(2,3)15-14-19-16-24(22(26)23-21(19)25)20(17-10-6-4-7-11-17)18-12-8-5-9-13-18/h4-13,16,20H,1-3H3,(H,23,25,26). The number of H-pyrrole nitrogens is 1. The Kier molecular flexibility index (Phi) is 5.29. The monoisotopic (exact) mass is 374 g/mol. The summed E-state index contributed by atoms with van der Waals surface area (Å²) in [5.41, 5.74) is 4.54. The van der Waals surface area contributed by atoms with Gasteiger partial charge in [-0.2, -0.15) is 0 Å². The van der Waals surface area contributed by atoms with Gasteiger partial charge in [0, 0.05) is 6.20 Å². The van der Waals surface area contributed by atoms with Crippen molar-refractivity contribution in [2.75, 3.05) is 0 Å². The van der Waals surface area contributed by atoms with Crippen LogP contribution in [0.5, 0.6) is 0 Å². The number of hydrogen-bond donors (Lipinski definition) is 1. The van der Waals surface area contributed by atoms with Gasteiger partial charge in [0.05, 0.1) is 6.04 Å². The highest BCUT2D eigenvalue weighted by atomic mass is 28.3. The van der Waals surface area contributed by atoms with E-state index in [1.54, 1.807) is 10.8 Å². The van der Waals surface area contributed by atoms with Crippen LogP contribution >= 0.6 is 0 Å². The third-order valence-electron chi connectivity index (χ3n) is 4.05.